The molecule has 0 aliphatic carbocycles. The van der Waals surface area contributed by atoms with Crippen LogP contribution in [0.4, 0.5) is 34.1 Å². The molecule has 0 atom stereocenters. The topological polar surface area (TPSA) is 16.3 Å². The minimum absolute atomic E-state index is 1.04. The van der Waals surface area contributed by atoms with Crippen LogP contribution in [-0.2, 0) is 0 Å². The van der Waals surface area contributed by atoms with Gasteiger partial charge in [-0.05, 0) is 172 Å². The average molecular weight is 1050 g/mol. The van der Waals surface area contributed by atoms with E-state index in [9.17, 15) is 0 Å². The zero-order valence-corrected chi connectivity index (χ0v) is 45.0. The van der Waals surface area contributed by atoms with Gasteiger partial charge >= 0.3 is 0 Å². The van der Waals surface area contributed by atoms with Crippen molar-refractivity contribution in [1.82, 2.24) is 9.13 Å². The lowest BCUT2D eigenvalue weighted by Crippen LogP contribution is -2.13. The van der Waals surface area contributed by atoms with Crippen molar-refractivity contribution >= 4 is 77.7 Å². The smallest absolute Gasteiger partial charge is 0.0541 e. The number of para-hydroxylation sites is 4. The minimum atomic E-state index is 1.04. The molecule has 15 aromatic rings. The third-order valence-electron chi connectivity index (χ3n) is 16.1. The number of fused-ring (bicyclic) bond motifs is 6. The number of hydrogen-bond acceptors (Lipinski definition) is 2. The lowest BCUT2D eigenvalue weighted by molar-refractivity contribution is 1.18. The molecule has 0 spiro atoms. The number of anilines is 6. The predicted molar refractivity (Wildman–Crippen MR) is 346 cm³/mol. The van der Waals surface area contributed by atoms with Crippen molar-refractivity contribution in [3.63, 3.8) is 0 Å². The maximum Gasteiger partial charge on any atom is 0.0541 e. The van der Waals surface area contributed by atoms with Crippen LogP contribution in [0.1, 0.15) is 0 Å². The SMILES string of the molecule is c1ccc(-c2ccc(N(c3ccc(-c4ccc5c(c4)c4ccccc4n5-c4ccccc4)cc3)c3cccc(N(c4ccc(-c5ccccc5)cc4)c4ccc(-c5ccc6c(c5)c5ccccc5n6-c5ccccc5)cc4)c3)cc2)cc1. The van der Waals surface area contributed by atoms with Crippen molar-refractivity contribution in [1.29, 1.82) is 0 Å². The quantitative estimate of drug-likeness (QED) is 0.121. The summed E-state index contributed by atoms with van der Waals surface area (Å²) in [7, 11) is 0. The maximum atomic E-state index is 2.38. The molecule has 15 rings (SSSR count). The fourth-order valence-electron chi connectivity index (χ4n) is 12.2. The molecule has 0 N–H and O–H groups in total. The molecule has 0 radical (unpaired) electrons. The lowest BCUT2D eigenvalue weighted by atomic mass is 10.0. The summed E-state index contributed by atoms with van der Waals surface area (Å²) < 4.78 is 4.74. The molecule has 0 saturated carbocycles. The Morgan fingerprint density at radius 3 is 0.817 bits per heavy atom. The third kappa shape index (κ3) is 8.76. The molecule has 0 fully saturated rings. The average Bonchev–Trinajstić information content (AvgIpc) is 3.58. The molecule has 0 amide bonds. The highest BCUT2D eigenvalue weighted by atomic mass is 15.2. The Balaban J connectivity index is 0.822. The van der Waals surface area contributed by atoms with E-state index >= 15 is 0 Å². The summed E-state index contributed by atoms with van der Waals surface area (Å²) in [5, 5.41) is 4.95. The molecule has 0 aliphatic heterocycles. The van der Waals surface area contributed by atoms with E-state index in [4.69, 9.17) is 0 Å². The van der Waals surface area contributed by atoms with Crippen LogP contribution < -0.4 is 9.80 Å². The van der Waals surface area contributed by atoms with Crippen LogP contribution in [0.5, 0.6) is 0 Å². The van der Waals surface area contributed by atoms with Gasteiger partial charge < -0.3 is 18.9 Å². The van der Waals surface area contributed by atoms with Crippen molar-refractivity contribution in [3.05, 3.63) is 328 Å². The fraction of sp³-hybridized carbons (Fsp3) is 0. The molecule has 13 aromatic carbocycles. The van der Waals surface area contributed by atoms with E-state index in [-0.39, 0.29) is 0 Å². The Morgan fingerprint density at radius 2 is 0.451 bits per heavy atom. The van der Waals surface area contributed by atoms with E-state index in [1.54, 1.807) is 0 Å². The van der Waals surface area contributed by atoms with Crippen LogP contribution in [0.3, 0.4) is 0 Å². The second kappa shape index (κ2) is 20.7. The van der Waals surface area contributed by atoms with Crippen molar-refractivity contribution in [2.75, 3.05) is 9.80 Å². The molecule has 0 saturated heterocycles. The predicted octanol–water partition coefficient (Wildman–Crippen LogP) is 21.5. The summed E-state index contributed by atoms with van der Waals surface area (Å²) in [6, 6.07) is 119. The number of hydrogen-bond donors (Lipinski definition) is 0. The lowest BCUT2D eigenvalue weighted by Gasteiger charge is -2.30. The van der Waals surface area contributed by atoms with Crippen molar-refractivity contribution in [2.24, 2.45) is 0 Å². The Morgan fingerprint density at radius 1 is 0.171 bits per heavy atom. The largest absolute Gasteiger partial charge is 0.310 e. The molecule has 82 heavy (non-hydrogen) atoms. The zero-order chi connectivity index (χ0) is 54.3. The summed E-state index contributed by atoms with van der Waals surface area (Å²) in [4.78, 5) is 4.76. The van der Waals surface area contributed by atoms with Gasteiger partial charge in [0.05, 0.1) is 22.1 Å². The van der Waals surface area contributed by atoms with Gasteiger partial charge in [-0.25, -0.2) is 0 Å². The van der Waals surface area contributed by atoms with Gasteiger partial charge in [-0.3, -0.25) is 0 Å². The molecule has 2 aromatic heterocycles. The minimum Gasteiger partial charge on any atom is -0.310 e. The van der Waals surface area contributed by atoms with E-state index in [0.717, 1.165) is 56.6 Å². The summed E-state index contributed by atoms with van der Waals surface area (Å²) in [6.07, 6.45) is 0. The number of rotatable bonds is 12. The van der Waals surface area contributed by atoms with Crippen molar-refractivity contribution in [3.8, 4) is 55.9 Å². The summed E-state index contributed by atoms with van der Waals surface area (Å²) in [5.41, 5.74) is 22.8. The molecule has 2 heterocycles. The fourth-order valence-corrected chi connectivity index (χ4v) is 12.2. The first kappa shape index (κ1) is 48.2. The van der Waals surface area contributed by atoms with Crippen LogP contribution >= 0.6 is 0 Å². The van der Waals surface area contributed by atoms with Crippen LogP contribution in [-0.4, -0.2) is 9.13 Å². The van der Waals surface area contributed by atoms with Crippen molar-refractivity contribution in [2.45, 2.75) is 0 Å². The first-order valence-corrected chi connectivity index (χ1v) is 28.1. The van der Waals surface area contributed by atoms with Gasteiger partial charge in [0.1, 0.15) is 0 Å². The van der Waals surface area contributed by atoms with Gasteiger partial charge in [0.25, 0.3) is 0 Å². The first-order valence-electron chi connectivity index (χ1n) is 28.1. The standard InChI is InChI=1S/C78H54N4/c1-5-18-55(19-6-1)57-32-42-65(43-33-57)79(67-46-36-59(37-47-67)61-40-50-77-73(52-61)71-28-13-15-30-75(71)81(77)63-22-9-3-10-23-63)69-26-17-27-70(54-69)80(66-44-34-58(35-45-66)56-20-7-2-8-21-56)68-48-38-60(39-49-68)62-41-51-78-74(53-62)72-29-14-16-31-76(72)82(78)64-24-11-4-12-25-64/h1-54H. The van der Waals surface area contributed by atoms with Crippen LogP contribution in [0.2, 0.25) is 0 Å². The molecular formula is C78H54N4. The van der Waals surface area contributed by atoms with Crippen LogP contribution in [0, 0.1) is 0 Å². The van der Waals surface area contributed by atoms with Gasteiger partial charge in [-0.1, -0.05) is 200 Å². The first-order chi connectivity index (χ1) is 40.7. The number of nitrogens with zero attached hydrogens (tertiary/aromatic N) is 4. The van der Waals surface area contributed by atoms with Gasteiger partial charge in [0, 0.05) is 67.0 Å². The molecular weight excluding hydrogens is 993 g/mol. The summed E-state index contributed by atoms with van der Waals surface area (Å²) in [5.74, 6) is 0. The Bertz CT molecular complexity index is 4440. The molecule has 4 nitrogen and oxygen atoms in total. The molecule has 0 bridgehead atoms. The Labute approximate surface area is 477 Å². The molecule has 4 heteroatoms. The van der Waals surface area contributed by atoms with Gasteiger partial charge in [-0.15, -0.1) is 0 Å². The van der Waals surface area contributed by atoms with Crippen LogP contribution in [0.15, 0.2) is 328 Å². The number of aromatic nitrogens is 2. The van der Waals surface area contributed by atoms with E-state index in [2.05, 4.69) is 347 Å². The Kier molecular flexibility index (Phi) is 12.2. The van der Waals surface area contributed by atoms with E-state index < -0.39 is 0 Å². The van der Waals surface area contributed by atoms with E-state index in [0.29, 0.717) is 0 Å². The van der Waals surface area contributed by atoms with Crippen LogP contribution in [0.25, 0.3) is 99.5 Å². The van der Waals surface area contributed by atoms with Gasteiger partial charge in [0.2, 0.25) is 0 Å². The monoisotopic (exact) mass is 1050 g/mol. The highest BCUT2D eigenvalue weighted by Gasteiger charge is 2.20. The highest BCUT2D eigenvalue weighted by Crippen LogP contribution is 2.44. The Hall–Kier alpha value is -10.9. The zero-order valence-electron chi connectivity index (χ0n) is 45.0. The highest BCUT2D eigenvalue weighted by molar-refractivity contribution is 6.11. The van der Waals surface area contributed by atoms with Gasteiger partial charge in [0.15, 0.2) is 0 Å². The summed E-state index contributed by atoms with van der Waals surface area (Å²) >= 11 is 0. The normalized spacial score (nSPS) is 11.4. The number of benzene rings is 13. The molecule has 0 aliphatic rings. The summed E-state index contributed by atoms with van der Waals surface area (Å²) in [6.45, 7) is 0. The van der Waals surface area contributed by atoms with E-state index in [1.165, 1.54) is 77.0 Å². The second-order valence-electron chi connectivity index (χ2n) is 21.0. The van der Waals surface area contributed by atoms with E-state index in [1.807, 2.05) is 0 Å². The molecule has 0 unspecified atom stereocenters. The second-order valence-corrected chi connectivity index (χ2v) is 21.0. The maximum absolute atomic E-state index is 2.38. The van der Waals surface area contributed by atoms with Crippen molar-refractivity contribution < 1.29 is 0 Å². The van der Waals surface area contributed by atoms with Gasteiger partial charge in [-0.2, -0.15) is 0 Å². The molecule has 386 valence electrons. The third-order valence-corrected chi connectivity index (χ3v) is 16.1.